The van der Waals surface area contributed by atoms with E-state index in [9.17, 15) is 30.7 Å². The number of aliphatic carboxylic acids is 2. The van der Waals surface area contributed by atoms with Crippen molar-refractivity contribution in [2.45, 2.75) is 44.5 Å². The van der Waals surface area contributed by atoms with E-state index in [0.717, 1.165) is 19.0 Å². The molecule has 1 saturated carbocycles. The molecule has 3 heterocycles. The summed E-state index contributed by atoms with van der Waals surface area (Å²) in [5.74, 6) is -4.21. The van der Waals surface area contributed by atoms with Crippen molar-refractivity contribution in [1.29, 1.82) is 0 Å². The van der Waals surface area contributed by atoms with Crippen LogP contribution in [0.2, 0.25) is 0 Å². The number of aromatic nitrogens is 2. The van der Waals surface area contributed by atoms with Crippen LogP contribution in [0.25, 0.3) is 0 Å². The van der Waals surface area contributed by atoms with Crippen LogP contribution in [0.15, 0.2) is 12.4 Å². The van der Waals surface area contributed by atoms with Crippen LogP contribution < -0.4 is 4.90 Å². The topological polar surface area (TPSA) is 107 Å². The van der Waals surface area contributed by atoms with E-state index in [1.807, 2.05) is 0 Å². The molecule has 1 atom stereocenters. The standard InChI is InChI=1S/C16H23FN4.2C2HF3O2/c17-14-8-18-15(19-9-14)21-6-1-4-16(12-21)5-7-20(11-16)10-13-2-3-13;2*3-2(4,5)1(6)7/h8-9,13H,1-7,10-12H2;2*(H,6,7). The minimum atomic E-state index is -5.08. The monoisotopic (exact) mass is 518 g/mol. The van der Waals surface area contributed by atoms with E-state index in [1.54, 1.807) is 0 Å². The molecule has 3 aliphatic rings. The summed E-state index contributed by atoms with van der Waals surface area (Å²) < 4.78 is 76.4. The molecule has 1 aromatic rings. The minimum Gasteiger partial charge on any atom is -0.475 e. The Kier molecular flexibility index (Phi) is 9.25. The van der Waals surface area contributed by atoms with Crippen LogP contribution >= 0.6 is 0 Å². The Morgan fingerprint density at radius 1 is 0.943 bits per heavy atom. The van der Waals surface area contributed by atoms with Crippen LogP contribution in [0.1, 0.15) is 32.1 Å². The first kappa shape index (κ1) is 28.5. The number of anilines is 1. The van der Waals surface area contributed by atoms with E-state index in [2.05, 4.69) is 19.8 Å². The molecule has 2 saturated heterocycles. The van der Waals surface area contributed by atoms with Crippen molar-refractivity contribution in [1.82, 2.24) is 14.9 Å². The molecule has 2 N–H and O–H groups in total. The lowest BCUT2D eigenvalue weighted by Crippen LogP contribution is -2.45. The van der Waals surface area contributed by atoms with Crippen molar-refractivity contribution >= 4 is 17.9 Å². The van der Waals surface area contributed by atoms with Gasteiger partial charge in [0.1, 0.15) is 0 Å². The second kappa shape index (κ2) is 11.4. The van der Waals surface area contributed by atoms with Gasteiger partial charge in [-0.05, 0) is 44.6 Å². The van der Waals surface area contributed by atoms with E-state index in [-0.39, 0.29) is 5.82 Å². The molecule has 0 aromatic carbocycles. The molecule has 0 amide bonds. The molecule has 0 radical (unpaired) electrons. The zero-order valence-corrected chi connectivity index (χ0v) is 18.4. The zero-order valence-electron chi connectivity index (χ0n) is 18.4. The van der Waals surface area contributed by atoms with Crippen LogP contribution in [0.3, 0.4) is 0 Å². The molecule has 1 spiro atoms. The lowest BCUT2D eigenvalue weighted by Gasteiger charge is -2.40. The highest BCUT2D eigenvalue weighted by Crippen LogP contribution is 2.41. The summed E-state index contributed by atoms with van der Waals surface area (Å²) in [4.78, 5) is 31.0. The summed E-state index contributed by atoms with van der Waals surface area (Å²) in [6.07, 6.45) is -0.964. The summed E-state index contributed by atoms with van der Waals surface area (Å²) in [5.41, 5.74) is 0.408. The largest absolute Gasteiger partial charge is 0.490 e. The third-order valence-electron chi connectivity index (χ3n) is 5.77. The van der Waals surface area contributed by atoms with Crippen molar-refractivity contribution in [3.05, 3.63) is 18.2 Å². The second-order valence-electron chi connectivity index (χ2n) is 8.76. The number of hydrogen-bond acceptors (Lipinski definition) is 6. The normalized spacial score (nSPS) is 22.7. The minimum absolute atomic E-state index is 0.359. The first-order valence-corrected chi connectivity index (χ1v) is 10.7. The Morgan fingerprint density at radius 3 is 1.91 bits per heavy atom. The van der Waals surface area contributed by atoms with Gasteiger partial charge in [0.2, 0.25) is 5.95 Å². The average molecular weight is 518 g/mol. The summed E-state index contributed by atoms with van der Waals surface area (Å²) >= 11 is 0. The Balaban J connectivity index is 0.000000257. The number of likely N-dealkylation sites (tertiary alicyclic amines) is 1. The van der Waals surface area contributed by atoms with Gasteiger partial charge in [-0.3, -0.25) is 0 Å². The highest BCUT2D eigenvalue weighted by Gasteiger charge is 2.43. The van der Waals surface area contributed by atoms with Gasteiger partial charge in [-0.2, -0.15) is 26.3 Å². The quantitative estimate of drug-likeness (QED) is 0.585. The van der Waals surface area contributed by atoms with Crippen molar-refractivity contribution in [2.24, 2.45) is 11.3 Å². The molecule has 1 aliphatic carbocycles. The van der Waals surface area contributed by atoms with Gasteiger partial charge in [0.25, 0.3) is 0 Å². The highest BCUT2D eigenvalue weighted by molar-refractivity contribution is 5.73. The predicted octanol–water partition coefficient (Wildman–Crippen LogP) is 3.58. The van der Waals surface area contributed by atoms with Crippen LogP contribution in [-0.2, 0) is 9.59 Å². The van der Waals surface area contributed by atoms with Gasteiger partial charge in [0, 0.05) is 31.6 Å². The number of rotatable bonds is 3. The first-order valence-electron chi connectivity index (χ1n) is 10.7. The fourth-order valence-electron chi connectivity index (χ4n) is 4.03. The van der Waals surface area contributed by atoms with E-state index in [4.69, 9.17) is 19.8 Å². The molecule has 1 aromatic heterocycles. The third kappa shape index (κ3) is 9.45. The van der Waals surface area contributed by atoms with E-state index < -0.39 is 24.3 Å². The molecule has 15 heteroatoms. The maximum atomic E-state index is 13.0. The molecule has 0 bridgehead atoms. The van der Waals surface area contributed by atoms with Gasteiger partial charge in [-0.15, -0.1) is 0 Å². The van der Waals surface area contributed by atoms with Crippen LogP contribution in [0.5, 0.6) is 0 Å². The van der Waals surface area contributed by atoms with E-state index in [1.165, 1.54) is 64.1 Å². The van der Waals surface area contributed by atoms with Gasteiger partial charge in [0.05, 0.1) is 12.4 Å². The van der Waals surface area contributed by atoms with Crippen molar-refractivity contribution in [3.8, 4) is 0 Å². The number of piperidine rings is 1. The molecule has 3 fully saturated rings. The number of carboxylic acid groups (broad SMARTS) is 2. The summed E-state index contributed by atoms with van der Waals surface area (Å²) in [6.45, 7) is 5.79. The van der Waals surface area contributed by atoms with Gasteiger partial charge in [0.15, 0.2) is 5.82 Å². The molecule has 1 unspecified atom stereocenters. The maximum absolute atomic E-state index is 13.0. The summed E-state index contributed by atoms with van der Waals surface area (Å²) in [5, 5.41) is 14.2. The smallest absolute Gasteiger partial charge is 0.475 e. The number of nitrogens with zero attached hydrogens (tertiary/aromatic N) is 4. The van der Waals surface area contributed by atoms with E-state index >= 15 is 0 Å². The Labute approximate surface area is 195 Å². The van der Waals surface area contributed by atoms with Gasteiger partial charge in [-0.1, -0.05) is 0 Å². The lowest BCUT2D eigenvalue weighted by atomic mass is 9.79. The number of carboxylic acids is 2. The number of halogens is 7. The average Bonchev–Trinajstić information content (AvgIpc) is 3.48. The number of hydrogen-bond donors (Lipinski definition) is 2. The predicted molar refractivity (Wildman–Crippen MR) is 107 cm³/mol. The highest BCUT2D eigenvalue weighted by atomic mass is 19.4. The third-order valence-corrected chi connectivity index (χ3v) is 5.77. The zero-order chi connectivity index (χ0) is 26.4. The Hall–Kier alpha value is -2.71. The van der Waals surface area contributed by atoms with Crippen LogP contribution in [0.4, 0.5) is 36.7 Å². The molecule has 2 aliphatic heterocycles. The van der Waals surface area contributed by atoms with Crippen molar-refractivity contribution in [3.63, 3.8) is 0 Å². The molecule has 4 rings (SSSR count). The fraction of sp³-hybridized carbons (Fsp3) is 0.700. The number of alkyl halides is 6. The van der Waals surface area contributed by atoms with Crippen LogP contribution in [0, 0.1) is 17.2 Å². The van der Waals surface area contributed by atoms with E-state index in [0.29, 0.717) is 11.4 Å². The molecular weight excluding hydrogens is 493 g/mol. The second-order valence-corrected chi connectivity index (χ2v) is 8.76. The van der Waals surface area contributed by atoms with Gasteiger partial charge in [-0.25, -0.2) is 23.9 Å². The fourth-order valence-corrected chi connectivity index (χ4v) is 4.03. The molecule has 35 heavy (non-hydrogen) atoms. The van der Waals surface area contributed by atoms with Crippen molar-refractivity contribution < 1.29 is 50.5 Å². The maximum Gasteiger partial charge on any atom is 0.490 e. The SMILES string of the molecule is Fc1cnc(N2CCCC3(CCN(CC4CC4)C3)C2)nc1.O=C(O)C(F)(F)F.O=C(O)C(F)(F)F. The summed E-state index contributed by atoms with van der Waals surface area (Å²) in [7, 11) is 0. The van der Waals surface area contributed by atoms with Crippen molar-refractivity contribution in [2.75, 3.05) is 37.6 Å². The molecular formula is C20H25F7N4O4. The Morgan fingerprint density at radius 2 is 1.46 bits per heavy atom. The first-order chi connectivity index (χ1) is 16.1. The summed E-state index contributed by atoms with van der Waals surface area (Å²) in [6, 6.07) is 0. The van der Waals surface area contributed by atoms with Crippen LogP contribution in [-0.4, -0.2) is 82.1 Å². The number of carbonyl (C=O) groups is 2. The Bertz CT molecular complexity index is 839. The van der Waals surface area contributed by atoms with Gasteiger partial charge < -0.3 is 20.0 Å². The molecule has 198 valence electrons. The molecule has 8 nitrogen and oxygen atoms in total. The lowest BCUT2D eigenvalue weighted by molar-refractivity contribution is -0.193. The van der Waals surface area contributed by atoms with Gasteiger partial charge >= 0.3 is 24.3 Å².